The van der Waals surface area contributed by atoms with E-state index in [0.717, 1.165) is 0 Å². The number of hydrogen-bond acceptors (Lipinski definition) is 1. The van der Waals surface area contributed by atoms with Crippen molar-refractivity contribution in [2.45, 2.75) is 0 Å². The van der Waals surface area contributed by atoms with E-state index in [1.807, 2.05) is 0 Å². The molecule has 0 aliphatic rings. The minimum atomic E-state index is -2.61. The second-order valence-corrected chi connectivity index (χ2v) is 0.692. The Hall–Kier alpha value is 2.07. The average Bonchev–Trinajstić information content (AvgIpc) is 0.811. The van der Waals surface area contributed by atoms with Crippen LogP contribution in [0.1, 0.15) is 1.43 Å². The van der Waals surface area contributed by atoms with Crippen LogP contribution in [0.2, 0.25) is 0 Å². The van der Waals surface area contributed by atoms with Gasteiger partial charge in [0.2, 0.25) is 0 Å². The molecule has 0 aliphatic heterocycles. The maximum atomic E-state index is 8.67. The van der Waals surface area contributed by atoms with Crippen molar-refractivity contribution >= 4 is 11.4 Å². The van der Waals surface area contributed by atoms with E-state index in [2.05, 4.69) is 0 Å². The van der Waals surface area contributed by atoms with Gasteiger partial charge in [-0.25, -0.2) is 0 Å². The van der Waals surface area contributed by atoms with Gasteiger partial charge in [-0.15, -0.1) is 0 Å². The molecule has 0 aliphatic carbocycles. The molecule has 6 heavy (non-hydrogen) atoms. The van der Waals surface area contributed by atoms with Crippen LogP contribution >= 0.6 is 0 Å². The average molecular weight is 129 g/mol. The third kappa shape index (κ3) is 36.4. The maximum Gasteiger partial charge on any atom is 1.00 e. The summed E-state index contributed by atoms with van der Waals surface area (Å²) in [6.07, 6.45) is 0. The molecule has 0 spiro atoms. The van der Waals surface area contributed by atoms with E-state index in [1.54, 1.807) is 0 Å². The minimum Gasteiger partial charge on any atom is -0.284 e. The topological polar surface area (TPSA) is 57.5 Å². The molecular weight excluding hydrogens is 126 g/mol. The van der Waals surface area contributed by atoms with Crippen molar-refractivity contribution in [1.82, 2.24) is 0 Å². The van der Waals surface area contributed by atoms with E-state index in [1.165, 1.54) is 0 Å². The van der Waals surface area contributed by atoms with Crippen LogP contribution < -0.4 is 59.1 Å². The fourth-order valence-electron chi connectivity index (χ4n) is 0. The Balaban J connectivity index is -0.0000000150. The largest absolute Gasteiger partial charge is 1.00 e. The van der Waals surface area contributed by atoms with Crippen LogP contribution in [0.3, 0.4) is 0 Å². The molecule has 0 fully saturated rings. The Labute approximate surface area is 84.1 Å². The fraction of sp³-hybridized carbons (Fsp3) is 0. The van der Waals surface area contributed by atoms with Crippen molar-refractivity contribution in [3.05, 3.63) is 0 Å². The van der Waals surface area contributed by atoms with Crippen molar-refractivity contribution in [3.63, 3.8) is 0 Å². The van der Waals surface area contributed by atoms with E-state index in [0.29, 0.717) is 0 Å². The normalized spacial score (nSPS) is 5.83. The molecule has 3 nitrogen and oxygen atoms in total. The molecular formula is H3Na2O3S+3. The molecule has 0 saturated carbocycles. The Morgan fingerprint density at radius 1 is 1.33 bits per heavy atom. The fourth-order valence-corrected chi connectivity index (χ4v) is 0. The number of hydrogen-bond donors (Lipinski definition) is 2. The van der Waals surface area contributed by atoms with Crippen LogP contribution in [0.4, 0.5) is 0 Å². The summed E-state index contributed by atoms with van der Waals surface area (Å²) < 4.78 is 22.8. The van der Waals surface area contributed by atoms with Crippen LogP contribution in [-0.2, 0) is 11.4 Å². The summed E-state index contributed by atoms with van der Waals surface area (Å²) in [6, 6.07) is 0. The molecule has 0 aromatic heterocycles. The second-order valence-electron chi connectivity index (χ2n) is 0.231. The van der Waals surface area contributed by atoms with E-state index >= 15 is 0 Å². The molecule has 0 rings (SSSR count). The summed E-state index contributed by atoms with van der Waals surface area (Å²) >= 11 is -2.61. The Morgan fingerprint density at radius 2 is 1.33 bits per heavy atom. The van der Waals surface area contributed by atoms with Crippen LogP contribution in [0.15, 0.2) is 0 Å². The van der Waals surface area contributed by atoms with E-state index < -0.39 is 11.4 Å². The third-order valence-corrected chi connectivity index (χ3v) is 0. The zero-order valence-corrected chi connectivity index (χ0v) is 8.53. The van der Waals surface area contributed by atoms with Gasteiger partial charge in [-0.1, -0.05) is 0 Å². The summed E-state index contributed by atoms with van der Waals surface area (Å²) in [4.78, 5) is 0. The summed E-state index contributed by atoms with van der Waals surface area (Å²) in [5, 5.41) is 0. The van der Waals surface area contributed by atoms with Crippen molar-refractivity contribution in [3.8, 4) is 0 Å². The summed E-state index contributed by atoms with van der Waals surface area (Å²) in [5.74, 6) is 0. The van der Waals surface area contributed by atoms with Crippen molar-refractivity contribution < 1.29 is 73.9 Å². The van der Waals surface area contributed by atoms with Gasteiger partial charge in [-0.3, -0.25) is 9.11 Å². The molecule has 0 saturated heterocycles. The summed E-state index contributed by atoms with van der Waals surface area (Å²) in [5.41, 5.74) is 0. The van der Waals surface area contributed by atoms with Crippen LogP contribution in [0.5, 0.6) is 0 Å². The first-order valence-electron chi connectivity index (χ1n) is 0.532. The van der Waals surface area contributed by atoms with Gasteiger partial charge in [0.15, 0.2) is 0 Å². The molecule has 0 radical (unpaired) electrons. The van der Waals surface area contributed by atoms with Crippen molar-refractivity contribution in [1.29, 1.82) is 0 Å². The first-order valence-corrected chi connectivity index (χ1v) is 1.60. The van der Waals surface area contributed by atoms with Crippen molar-refractivity contribution in [2.24, 2.45) is 0 Å². The molecule has 0 heterocycles. The molecule has 6 heteroatoms. The molecule has 2 N–H and O–H groups in total. The Morgan fingerprint density at radius 3 is 1.33 bits per heavy atom. The standard InChI is InChI=1S/2Na.H2O3S/c;;1-4(2)3/h;;(H2,1,2,3)/q2*+1;/p+1. The van der Waals surface area contributed by atoms with Gasteiger partial charge < -0.3 is 0 Å². The van der Waals surface area contributed by atoms with Crippen LogP contribution in [0, 0.1) is 0 Å². The van der Waals surface area contributed by atoms with Gasteiger partial charge in [0.25, 0.3) is 11.4 Å². The molecule has 0 aromatic rings. The van der Waals surface area contributed by atoms with Gasteiger partial charge in [-0.2, -0.15) is 4.21 Å². The second kappa shape index (κ2) is 10.1. The monoisotopic (exact) mass is 129 g/mol. The quantitative estimate of drug-likeness (QED) is 0.253. The predicted octanol–water partition coefficient (Wildman–Crippen LogP) is -6.20. The zero-order valence-electron chi connectivity index (χ0n) is 4.71. The molecule has 0 bridgehead atoms. The van der Waals surface area contributed by atoms with Gasteiger partial charge in [0, 0.05) is 0 Å². The zero-order chi connectivity index (χ0) is 3.58. The van der Waals surface area contributed by atoms with E-state index in [9.17, 15) is 0 Å². The molecule has 0 aromatic carbocycles. The summed E-state index contributed by atoms with van der Waals surface area (Å²) in [6.45, 7) is 0. The molecule has 26 valence electrons. The molecule has 0 unspecified atom stereocenters. The van der Waals surface area contributed by atoms with Gasteiger partial charge >= 0.3 is 60.5 Å². The van der Waals surface area contributed by atoms with Crippen LogP contribution in [-0.4, -0.2) is 13.3 Å². The number of rotatable bonds is 0. The molecule has 0 atom stereocenters. The van der Waals surface area contributed by atoms with Crippen LogP contribution in [0.25, 0.3) is 0 Å². The van der Waals surface area contributed by atoms with Crippen molar-refractivity contribution in [2.75, 3.05) is 0 Å². The Kier molecular flexibility index (Phi) is 26.5. The van der Waals surface area contributed by atoms with Gasteiger partial charge in [0.05, 0.1) is 0 Å². The Bertz CT molecular complexity index is 35.9. The first kappa shape index (κ1) is 15.7. The maximum absolute atomic E-state index is 8.67. The van der Waals surface area contributed by atoms with Gasteiger partial charge in [-0.05, 0) is 0 Å². The van der Waals surface area contributed by atoms with E-state index in [4.69, 9.17) is 13.3 Å². The molecule has 0 amide bonds. The first-order chi connectivity index (χ1) is 1.73. The predicted molar refractivity (Wildman–Crippen MR) is 14.5 cm³/mol. The van der Waals surface area contributed by atoms with E-state index in [-0.39, 0.29) is 60.5 Å². The summed E-state index contributed by atoms with van der Waals surface area (Å²) in [7, 11) is 0. The minimum absolute atomic E-state index is 0. The third-order valence-electron chi connectivity index (χ3n) is 0. The SMILES string of the molecule is O=S(O)O.[H+].[Na+].[Na+]. The smallest absolute Gasteiger partial charge is 0.284 e. The van der Waals surface area contributed by atoms with Gasteiger partial charge in [0.1, 0.15) is 0 Å².